The molecule has 1 saturated heterocycles. The van der Waals surface area contributed by atoms with Gasteiger partial charge in [-0.3, -0.25) is 9.71 Å². The Morgan fingerprint density at radius 1 is 1.42 bits per heavy atom. The van der Waals surface area contributed by atoms with Crippen LogP contribution in [0.3, 0.4) is 0 Å². The third-order valence-electron chi connectivity index (χ3n) is 3.68. The van der Waals surface area contributed by atoms with Crippen molar-refractivity contribution in [2.45, 2.75) is 24.3 Å². The van der Waals surface area contributed by atoms with Gasteiger partial charge in [0.05, 0.1) is 11.0 Å². The third-order valence-corrected chi connectivity index (χ3v) is 5.08. The van der Waals surface area contributed by atoms with Crippen molar-refractivity contribution < 1.29 is 13.2 Å². The van der Waals surface area contributed by atoms with Crippen LogP contribution in [-0.2, 0) is 14.8 Å². The molecule has 0 aromatic heterocycles. The van der Waals surface area contributed by atoms with Crippen molar-refractivity contribution >= 4 is 15.9 Å². The summed E-state index contributed by atoms with van der Waals surface area (Å²) in [5.41, 5.74) is 0.661. The zero-order valence-electron chi connectivity index (χ0n) is 10.7. The van der Waals surface area contributed by atoms with Crippen LogP contribution in [0.1, 0.15) is 18.9 Å². The Balaban J connectivity index is 1.87. The fourth-order valence-corrected chi connectivity index (χ4v) is 3.73. The fraction of sp³-hybridized carbons (Fsp3) is 0.462. The predicted molar refractivity (Wildman–Crippen MR) is 71.7 cm³/mol. The van der Waals surface area contributed by atoms with Gasteiger partial charge in [0.15, 0.2) is 0 Å². The summed E-state index contributed by atoms with van der Waals surface area (Å²) < 4.78 is 31.8. The van der Waals surface area contributed by atoms with Crippen LogP contribution >= 0.6 is 0 Å². The minimum absolute atomic E-state index is 0.192. The van der Waals surface area contributed by atoms with Crippen molar-refractivity contribution in [1.82, 2.24) is 4.72 Å². The van der Waals surface area contributed by atoms with Crippen LogP contribution in [0.4, 0.5) is 0 Å². The van der Waals surface area contributed by atoms with Crippen LogP contribution in [0.25, 0.3) is 0 Å². The Morgan fingerprint density at radius 3 is 2.95 bits per heavy atom. The number of nitrogens with zero attached hydrogens (tertiary/aromatic N) is 1. The predicted octanol–water partition coefficient (Wildman–Crippen LogP) is 1.15. The van der Waals surface area contributed by atoms with Crippen LogP contribution in [0.5, 0.6) is 0 Å². The molecule has 2 atom stereocenters. The molecule has 5 nitrogen and oxygen atoms in total. The summed E-state index contributed by atoms with van der Waals surface area (Å²) in [4.78, 5) is 4.75. The van der Waals surface area contributed by atoms with E-state index in [0.717, 1.165) is 13.0 Å². The van der Waals surface area contributed by atoms with E-state index in [2.05, 4.69) is 9.71 Å². The smallest absolute Gasteiger partial charge is 0.263 e. The van der Waals surface area contributed by atoms with E-state index in [4.69, 9.17) is 4.74 Å². The van der Waals surface area contributed by atoms with Gasteiger partial charge in [-0.2, -0.15) is 0 Å². The lowest BCUT2D eigenvalue weighted by Crippen LogP contribution is -2.24. The molecule has 1 N–H and O–H groups in total. The molecule has 19 heavy (non-hydrogen) atoms. The quantitative estimate of drug-likeness (QED) is 0.883. The average Bonchev–Trinajstić information content (AvgIpc) is 2.90. The molecular weight excluding hydrogens is 264 g/mol. The van der Waals surface area contributed by atoms with Crippen LogP contribution in [-0.4, -0.2) is 33.5 Å². The molecule has 2 aliphatic rings. The van der Waals surface area contributed by atoms with E-state index in [1.165, 1.54) is 0 Å². The molecule has 2 unspecified atom stereocenters. The summed E-state index contributed by atoms with van der Waals surface area (Å²) in [6.45, 7) is 3.39. The van der Waals surface area contributed by atoms with E-state index < -0.39 is 10.0 Å². The zero-order valence-corrected chi connectivity index (χ0v) is 11.5. The Hall–Kier alpha value is -1.40. The van der Waals surface area contributed by atoms with E-state index in [1.807, 2.05) is 13.0 Å². The van der Waals surface area contributed by atoms with Gasteiger partial charge in [-0.1, -0.05) is 12.1 Å². The lowest BCUT2D eigenvalue weighted by molar-refractivity contribution is 0.107. The van der Waals surface area contributed by atoms with Gasteiger partial charge in [-0.25, -0.2) is 8.42 Å². The van der Waals surface area contributed by atoms with E-state index in [0.29, 0.717) is 28.8 Å². The Labute approximate surface area is 112 Å². The normalized spacial score (nSPS) is 30.3. The van der Waals surface area contributed by atoms with E-state index in [-0.39, 0.29) is 6.10 Å². The minimum Gasteiger partial charge on any atom is -0.378 e. The number of rotatable bonds is 2. The molecule has 102 valence electrons. The maximum atomic E-state index is 11.9. The Kier molecular flexibility index (Phi) is 3.06. The van der Waals surface area contributed by atoms with Crippen molar-refractivity contribution in [1.29, 1.82) is 0 Å². The standard InChI is InChI=1S/C13H16N2O3S/c1-9-10(6-7-18-9)8-14-13-11-4-2-3-5-12(11)19(16,17)15-13/h2-5,9-10H,6-8H2,1H3,(H,14,15). The van der Waals surface area contributed by atoms with Crippen molar-refractivity contribution in [3.05, 3.63) is 29.8 Å². The van der Waals surface area contributed by atoms with Crippen LogP contribution in [0.15, 0.2) is 34.2 Å². The molecule has 2 aliphatic heterocycles. The number of ether oxygens (including phenoxy) is 1. The first-order valence-corrected chi connectivity index (χ1v) is 7.84. The first-order chi connectivity index (χ1) is 9.08. The second-order valence-corrected chi connectivity index (χ2v) is 6.57. The number of amidine groups is 1. The number of hydrogen-bond donors (Lipinski definition) is 1. The topological polar surface area (TPSA) is 67.8 Å². The maximum Gasteiger partial charge on any atom is 0.263 e. The van der Waals surface area contributed by atoms with Crippen molar-refractivity contribution in [2.75, 3.05) is 13.2 Å². The fourth-order valence-electron chi connectivity index (χ4n) is 2.48. The van der Waals surface area contributed by atoms with Gasteiger partial charge in [-0.15, -0.1) is 0 Å². The van der Waals surface area contributed by atoms with Crippen LogP contribution in [0.2, 0.25) is 0 Å². The van der Waals surface area contributed by atoms with E-state index in [1.54, 1.807) is 18.2 Å². The first kappa shape index (κ1) is 12.6. The summed E-state index contributed by atoms with van der Waals surface area (Å²) in [6, 6.07) is 6.91. The SMILES string of the molecule is CC1OCCC1CN=C1NS(=O)(=O)c2ccccc21. The molecule has 6 heteroatoms. The molecule has 3 rings (SSSR count). The van der Waals surface area contributed by atoms with Crippen LogP contribution < -0.4 is 4.72 Å². The molecule has 2 heterocycles. The van der Waals surface area contributed by atoms with Crippen molar-refractivity contribution in [2.24, 2.45) is 10.9 Å². The van der Waals surface area contributed by atoms with Gasteiger partial charge in [0.2, 0.25) is 0 Å². The van der Waals surface area contributed by atoms with Gasteiger partial charge >= 0.3 is 0 Å². The summed E-state index contributed by atoms with van der Waals surface area (Å²) in [5, 5.41) is 0. The molecule has 0 amide bonds. The monoisotopic (exact) mass is 280 g/mol. The van der Waals surface area contributed by atoms with Gasteiger partial charge in [-0.05, 0) is 25.5 Å². The molecule has 0 aliphatic carbocycles. The number of nitrogens with one attached hydrogen (secondary N) is 1. The minimum atomic E-state index is -3.43. The molecule has 0 spiro atoms. The largest absolute Gasteiger partial charge is 0.378 e. The first-order valence-electron chi connectivity index (χ1n) is 6.36. The lowest BCUT2D eigenvalue weighted by Gasteiger charge is -2.11. The average molecular weight is 280 g/mol. The molecule has 1 aromatic carbocycles. The number of hydrogen-bond acceptors (Lipinski definition) is 4. The highest BCUT2D eigenvalue weighted by molar-refractivity contribution is 7.90. The summed E-state index contributed by atoms with van der Waals surface area (Å²) in [7, 11) is -3.43. The number of aliphatic imine (C=N–C) groups is 1. The lowest BCUT2D eigenvalue weighted by atomic mass is 10.0. The Morgan fingerprint density at radius 2 is 2.21 bits per heavy atom. The van der Waals surface area contributed by atoms with Crippen molar-refractivity contribution in [3.63, 3.8) is 0 Å². The highest BCUT2D eigenvalue weighted by Gasteiger charge is 2.31. The molecule has 0 radical (unpaired) electrons. The van der Waals surface area contributed by atoms with Gasteiger partial charge in [0, 0.05) is 24.6 Å². The van der Waals surface area contributed by atoms with Gasteiger partial charge in [0.25, 0.3) is 10.0 Å². The molecular formula is C13H16N2O3S. The molecule has 1 aromatic rings. The Bertz CT molecular complexity index is 625. The van der Waals surface area contributed by atoms with Crippen molar-refractivity contribution in [3.8, 4) is 0 Å². The second-order valence-electron chi connectivity index (χ2n) is 4.92. The maximum absolute atomic E-state index is 11.9. The highest BCUT2D eigenvalue weighted by Crippen LogP contribution is 2.24. The van der Waals surface area contributed by atoms with Gasteiger partial charge < -0.3 is 4.74 Å². The number of sulfonamides is 1. The van der Waals surface area contributed by atoms with Gasteiger partial charge in [0.1, 0.15) is 5.84 Å². The van der Waals surface area contributed by atoms with E-state index >= 15 is 0 Å². The summed E-state index contributed by atoms with van der Waals surface area (Å²) in [6.07, 6.45) is 1.17. The third kappa shape index (κ3) is 2.26. The van der Waals surface area contributed by atoms with Crippen LogP contribution in [0, 0.1) is 5.92 Å². The number of fused-ring (bicyclic) bond motifs is 1. The molecule has 1 fully saturated rings. The number of benzene rings is 1. The van der Waals surface area contributed by atoms with E-state index in [9.17, 15) is 8.42 Å². The second kappa shape index (κ2) is 4.61. The summed E-state index contributed by atoms with van der Waals surface area (Å²) >= 11 is 0. The zero-order chi connectivity index (χ0) is 13.5. The summed E-state index contributed by atoms with van der Waals surface area (Å²) in [5.74, 6) is 0.819. The molecule has 0 saturated carbocycles. The molecule has 0 bridgehead atoms. The highest BCUT2D eigenvalue weighted by atomic mass is 32.2.